The van der Waals surface area contributed by atoms with Crippen LogP contribution in [0.2, 0.25) is 10.0 Å². The Morgan fingerprint density at radius 2 is 1.78 bits per heavy atom. The van der Waals surface area contributed by atoms with Crippen LogP contribution in [0.1, 0.15) is 15.9 Å². The molecular weight excluding hydrogens is 342 g/mol. The number of hydrogen-bond acceptors (Lipinski definition) is 3. The van der Waals surface area contributed by atoms with Crippen molar-refractivity contribution in [3.8, 4) is 11.5 Å². The number of allylic oxidation sites excluding steroid dienone is 1. The number of carbonyl (C=O) groups excluding carboxylic acids is 1. The van der Waals surface area contributed by atoms with Gasteiger partial charge in [-0.25, -0.2) is 4.39 Å². The van der Waals surface area contributed by atoms with Gasteiger partial charge in [-0.3, -0.25) is 4.79 Å². The van der Waals surface area contributed by atoms with E-state index in [9.17, 15) is 9.18 Å². The van der Waals surface area contributed by atoms with Gasteiger partial charge in [-0.05, 0) is 35.9 Å². The Balaban J connectivity index is 2.31. The number of hydrogen-bond donors (Lipinski definition) is 0. The summed E-state index contributed by atoms with van der Waals surface area (Å²) < 4.78 is 23.8. The molecule has 0 aliphatic rings. The van der Waals surface area contributed by atoms with Gasteiger partial charge in [0.05, 0.1) is 29.8 Å². The lowest BCUT2D eigenvalue weighted by atomic mass is 10.1. The summed E-state index contributed by atoms with van der Waals surface area (Å²) in [4.78, 5) is 12.2. The average Bonchev–Trinajstić information content (AvgIpc) is 2.56. The Morgan fingerprint density at radius 3 is 2.43 bits per heavy atom. The standard InChI is InChI=1S/C17H13Cl2FO3/c1-22-14-8-4-10(9-15(14)23-2)3-7-13(21)16-11(18)5-6-12(20)17(16)19/h3-9H,1-2H3/b7-3+. The van der Waals surface area contributed by atoms with Gasteiger partial charge in [0.15, 0.2) is 17.3 Å². The van der Waals surface area contributed by atoms with Crippen LogP contribution in [0.5, 0.6) is 11.5 Å². The lowest BCUT2D eigenvalue weighted by Crippen LogP contribution is -1.99. The molecule has 0 saturated carbocycles. The number of rotatable bonds is 5. The zero-order chi connectivity index (χ0) is 17.0. The Kier molecular flexibility index (Phi) is 5.64. The first-order valence-electron chi connectivity index (χ1n) is 6.56. The smallest absolute Gasteiger partial charge is 0.188 e. The highest BCUT2D eigenvalue weighted by molar-refractivity contribution is 6.40. The Hall–Kier alpha value is -2.04. The van der Waals surface area contributed by atoms with E-state index in [4.69, 9.17) is 32.7 Å². The summed E-state index contributed by atoms with van der Waals surface area (Å²) in [6.07, 6.45) is 2.83. The minimum atomic E-state index is -0.695. The van der Waals surface area contributed by atoms with Crippen LogP contribution in [0.25, 0.3) is 6.08 Å². The van der Waals surface area contributed by atoms with E-state index in [1.165, 1.54) is 26.4 Å². The Labute approximate surface area is 143 Å². The lowest BCUT2D eigenvalue weighted by Gasteiger charge is -2.07. The third-order valence-electron chi connectivity index (χ3n) is 3.13. The van der Waals surface area contributed by atoms with Crippen molar-refractivity contribution in [2.45, 2.75) is 0 Å². The molecule has 2 aromatic carbocycles. The maximum Gasteiger partial charge on any atom is 0.188 e. The normalized spacial score (nSPS) is 10.8. The van der Waals surface area contributed by atoms with Gasteiger partial charge in [0.1, 0.15) is 5.82 Å². The fourth-order valence-corrected chi connectivity index (χ4v) is 2.52. The average molecular weight is 355 g/mol. The fourth-order valence-electron chi connectivity index (χ4n) is 1.96. The summed E-state index contributed by atoms with van der Waals surface area (Å²) in [6.45, 7) is 0. The Bertz CT molecular complexity index is 773. The molecule has 0 radical (unpaired) electrons. The number of methoxy groups -OCH3 is 2. The van der Waals surface area contributed by atoms with Crippen molar-refractivity contribution < 1.29 is 18.7 Å². The topological polar surface area (TPSA) is 35.5 Å². The van der Waals surface area contributed by atoms with E-state index < -0.39 is 11.6 Å². The van der Waals surface area contributed by atoms with E-state index >= 15 is 0 Å². The number of benzene rings is 2. The molecule has 2 aromatic rings. The second-order valence-corrected chi connectivity index (χ2v) is 5.32. The molecule has 3 nitrogen and oxygen atoms in total. The van der Waals surface area contributed by atoms with Crippen molar-refractivity contribution in [2.75, 3.05) is 14.2 Å². The van der Waals surface area contributed by atoms with E-state index in [2.05, 4.69) is 0 Å². The van der Waals surface area contributed by atoms with Crippen molar-refractivity contribution in [3.63, 3.8) is 0 Å². The van der Waals surface area contributed by atoms with Gasteiger partial charge in [-0.1, -0.05) is 35.3 Å². The van der Waals surface area contributed by atoms with Crippen molar-refractivity contribution in [2.24, 2.45) is 0 Å². The van der Waals surface area contributed by atoms with Crippen LogP contribution >= 0.6 is 23.2 Å². The maximum absolute atomic E-state index is 13.5. The summed E-state index contributed by atoms with van der Waals surface area (Å²) in [6, 6.07) is 7.57. The second kappa shape index (κ2) is 7.49. The van der Waals surface area contributed by atoms with E-state index in [-0.39, 0.29) is 15.6 Å². The van der Waals surface area contributed by atoms with Crippen LogP contribution in [0.3, 0.4) is 0 Å². The van der Waals surface area contributed by atoms with Crippen LogP contribution in [0.15, 0.2) is 36.4 Å². The molecule has 0 amide bonds. The third kappa shape index (κ3) is 3.84. The zero-order valence-corrected chi connectivity index (χ0v) is 13.9. The molecule has 2 rings (SSSR count). The molecule has 0 aliphatic carbocycles. The molecule has 0 unspecified atom stereocenters. The zero-order valence-electron chi connectivity index (χ0n) is 12.4. The summed E-state index contributed by atoms with van der Waals surface area (Å²) in [5.74, 6) is -0.0793. The van der Waals surface area contributed by atoms with E-state index in [0.717, 1.165) is 6.07 Å². The summed E-state index contributed by atoms with van der Waals surface area (Å²) in [7, 11) is 3.05. The number of halogens is 3. The van der Waals surface area contributed by atoms with Crippen LogP contribution in [0, 0.1) is 5.82 Å². The summed E-state index contributed by atoms with van der Waals surface area (Å²) >= 11 is 11.7. The highest BCUT2D eigenvalue weighted by Gasteiger charge is 2.16. The Morgan fingerprint density at radius 1 is 1.09 bits per heavy atom. The van der Waals surface area contributed by atoms with Crippen molar-refractivity contribution in [1.82, 2.24) is 0 Å². The van der Waals surface area contributed by atoms with Gasteiger partial charge in [-0.2, -0.15) is 0 Å². The third-order valence-corrected chi connectivity index (χ3v) is 3.81. The van der Waals surface area contributed by atoms with Crippen LogP contribution in [-0.2, 0) is 0 Å². The molecule has 0 atom stereocenters. The minimum Gasteiger partial charge on any atom is -0.493 e. The van der Waals surface area contributed by atoms with E-state index in [0.29, 0.717) is 17.1 Å². The first-order valence-corrected chi connectivity index (χ1v) is 7.31. The first-order chi connectivity index (χ1) is 11.0. The van der Waals surface area contributed by atoms with Crippen LogP contribution in [-0.4, -0.2) is 20.0 Å². The molecule has 0 N–H and O–H groups in total. The molecule has 0 heterocycles. The van der Waals surface area contributed by atoms with Crippen molar-refractivity contribution in [3.05, 3.63) is 63.4 Å². The minimum absolute atomic E-state index is 0.0648. The predicted octanol–water partition coefficient (Wildman–Crippen LogP) is 5.05. The number of carbonyl (C=O) groups is 1. The molecule has 0 fully saturated rings. The molecule has 23 heavy (non-hydrogen) atoms. The summed E-state index contributed by atoms with van der Waals surface area (Å²) in [5.41, 5.74) is 0.643. The van der Waals surface area contributed by atoms with Gasteiger partial charge in [0.25, 0.3) is 0 Å². The molecule has 0 bridgehead atoms. The largest absolute Gasteiger partial charge is 0.493 e. The molecule has 0 saturated heterocycles. The van der Waals surface area contributed by atoms with Gasteiger partial charge in [0, 0.05) is 0 Å². The number of ether oxygens (including phenoxy) is 2. The van der Waals surface area contributed by atoms with Crippen LogP contribution < -0.4 is 9.47 Å². The van der Waals surface area contributed by atoms with Crippen molar-refractivity contribution in [1.29, 1.82) is 0 Å². The highest BCUT2D eigenvalue weighted by atomic mass is 35.5. The predicted molar refractivity (Wildman–Crippen MR) is 89.3 cm³/mol. The van der Waals surface area contributed by atoms with E-state index in [1.54, 1.807) is 24.3 Å². The molecule has 120 valence electrons. The molecular formula is C17H13Cl2FO3. The lowest BCUT2D eigenvalue weighted by molar-refractivity contribution is 0.104. The molecule has 6 heteroatoms. The SMILES string of the molecule is COc1ccc(/C=C/C(=O)c2c(Cl)ccc(F)c2Cl)cc1OC. The van der Waals surface area contributed by atoms with Gasteiger partial charge >= 0.3 is 0 Å². The second-order valence-electron chi connectivity index (χ2n) is 4.53. The number of ketones is 1. The fraction of sp³-hybridized carbons (Fsp3) is 0.118. The van der Waals surface area contributed by atoms with Gasteiger partial charge in [-0.15, -0.1) is 0 Å². The molecule has 0 aromatic heterocycles. The molecule has 0 spiro atoms. The maximum atomic E-state index is 13.5. The summed E-state index contributed by atoms with van der Waals surface area (Å²) in [5, 5.41) is -0.196. The van der Waals surface area contributed by atoms with Crippen molar-refractivity contribution >= 4 is 35.1 Å². The monoisotopic (exact) mass is 354 g/mol. The van der Waals surface area contributed by atoms with Gasteiger partial charge < -0.3 is 9.47 Å². The quantitative estimate of drug-likeness (QED) is 0.428. The van der Waals surface area contributed by atoms with Crippen LogP contribution in [0.4, 0.5) is 4.39 Å². The first kappa shape index (κ1) is 17.3. The highest BCUT2D eigenvalue weighted by Crippen LogP contribution is 2.30. The van der Waals surface area contributed by atoms with Gasteiger partial charge in [0.2, 0.25) is 0 Å². The molecule has 0 aliphatic heterocycles. The van der Waals surface area contributed by atoms with E-state index in [1.807, 2.05) is 0 Å².